The van der Waals surface area contributed by atoms with E-state index in [9.17, 15) is 13.2 Å². The first-order valence-corrected chi connectivity index (χ1v) is 11.4. The minimum absolute atomic E-state index is 0.0837. The monoisotopic (exact) mass is 502 g/mol. The van der Waals surface area contributed by atoms with Gasteiger partial charge in [-0.3, -0.25) is 0 Å². The van der Waals surface area contributed by atoms with Crippen LogP contribution in [0.4, 0.5) is 18.9 Å². The third-order valence-electron chi connectivity index (χ3n) is 5.86. The first-order chi connectivity index (χ1) is 16.8. The van der Waals surface area contributed by atoms with Crippen LogP contribution in [-0.2, 0) is 12.6 Å². The molecule has 35 heavy (non-hydrogen) atoms. The van der Waals surface area contributed by atoms with E-state index in [4.69, 9.17) is 26.4 Å². The Morgan fingerprint density at radius 1 is 1.00 bits per heavy atom. The molecular formula is C26H25F3N2O3S. The number of ether oxygens (including phenoxy) is 3. The molecule has 3 aromatic carbocycles. The Hall–Kier alpha value is -3.46. The Balaban J connectivity index is 1.65. The summed E-state index contributed by atoms with van der Waals surface area (Å²) in [6.07, 6.45) is -3.75. The summed E-state index contributed by atoms with van der Waals surface area (Å²) in [6, 6.07) is 17.9. The van der Waals surface area contributed by atoms with Crippen LogP contribution in [0.25, 0.3) is 0 Å². The number of methoxy groups -OCH3 is 2. The van der Waals surface area contributed by atoms with E-state index in [1.165, 1.54) is 12.1 Å². The number of para-hydroxylation sites is 1. The van der Waals surface area contributed by atoms with Crippen LogP contribution < -0.4 is 19.5 Å². The van der Waals surface area contributed by atoms with Gasteiger partial charge >= 0.3 is 6.18 Å². The zero-order valence-electron chi connectivity index (χ0n) is 19.3. The van der Waals surface area contributed by atoms with Gasteiger partial charge in [-0.05, 0) is 72.2 Å². The van der Waals surface area contributed by atoms with Gasteiger partial charge in [-0.1, -0.05) is 24.3 Å². The van der Waals surface area contributed by atoms with E-state index in [2.05, 4.69) is 5.32 Å². The van der Waals surface area contributed by atoms with Crippen molar-refractivity contribution in [1.29, 1.82) is 0 Å². The van der Waals surface area contributed by atoms with Crippen LogP contribution in [0.5, 0.6) is 17.2 Å². The molecule has 1 N–H and O–H groups in total. The normalized spacial score (nSPS) is 15.2. The Bertz CT molecular complexity index is 1190. The molecule has 0 bridgehead atoms. The van der Waals surface area contributed by atoms with Gasteiger partial charge in [0, 0.05) is 12.2 Å². The van der Waals surface area contributed by atoms with E-state index in [1.54, 1.807) is 14.2 Å². The molecule has 1 atom stereocenters. The Morgan fingerprint density at radius 3 is 2.40 bits per heavy atom. The fraction of sp³-hybridized carbons (Fsp3) is 0.269. The Morgan fingerprint density at radius 2 is 1.71 bits per heavy atom. The predicted molar refractivity (Wildman–Crippen MR) is 132 cm³/mol. The lowest BCUT2D eigenvalue weighted by molar-refractivity contribution is -0.137. The first kappa shape index (κ1) is 24.7. The van der Waals surface area contributed by atoms with Crippen molar-refractivity contribution in [2.75, 3.05) is 32.7 Å². The van der Waals surface area contributed by atoms with Crippen LogP contribution in [0.1, 0.15) is 22.7 Å². The third-order valence-corrected chi connectivity index (χ3v) is 6.19. The van der Waals surface area contributed by atoms with E-state index in [-0.39, 0.29) is 18.4 Å². The molecule has 0 aliphatic carbocycles. The summed E-state index contributed by atoms with van der Waals surface area (Å²) in [5, 5.41) is 3.74. The van der Waals surface area contributed by atoms with Gasteiger partial charge in [-0.15, -0.1) is 0 Å². The van der Waals surface area contributed by atoms with Crippen LogP contribution in [0.2, 0.25) is 0 Å². The number of nitrogens with zero attached hydrogens (tertiary/aromatic N) is 1. The van der Waals surface area contributed by atoms with Crippen molar-refractivity contribution < 1.29 is 27.4 Å². The lowest BCUT2D eigenvalue weighted by atomic mass is 9.92. The number of nitrogens with one attached hydrogen (secondary N) is 1. The Labute approximate surface area is 207 Å². The third kappa shape index (κ3) is 5.62. The number of thiocarbonyl (C=S) groups is 1. The summed E-state index contributed by atoms with van der Waals surface area (Å²) in [7, 11) is 3.13. The number of fused-ring (bicyclic) bond motifs is 1. The highest BCUT2D eigenvalue weighted by atomic mass is 32.1. The summed E-state index contributed by atoms with van der Waals surface area (Å²) in [4.78, 5) is 1.99. The molecule has 0 saturated heterocycles. The minimum Gasteiger partial charge on any atom is -0.493 e. The maximum Gasteiger partial charge on any atom is 0.416 e. The standard InChI is InChI=1S/C26H25F3N2O3S/c1-32-23-13-17-11-12-31(25(35)30-19-8-4-3-5-9-19)22(21(17)15-24(23)33-2)16-34-20-10-6-7-18(14-20)26(27,28)29/h3-10,13-15,22H,11-12,16H2,1-2H3,(H,30,35). The second kappa shape index (κ2) is 10.4. The minimum atomic E-state index is -4.45. The van der Waals surface area contributed by atoms with Crippen molar-refractivity contribution in [2.24, 2.45) is 0 Å². The molecule has 4 rings (SSSR count). The topological polar surface area (TPSA) is 43.0 Å². The number of anilines is 1. The molecule has 1 aliphatic heterocycles. The van der Waals surface area contributed by atoms with Crippen molar-refractivity contribution in [3.8, 4) is 17.2 Å². The number of halogens is 3. The summed E-state index contributed by atoms with van der Waals surface area (Å²) in [6.45, 7) is 0.679. The van der Waals surface area contributed by atoms with Crippen LogP contribution in [0, 0.1) is 0 Å². The quantitative estimate of drug-likeness (QED) is 0.411. The van der Waals surface area contributed by atoms with Crippen molar-refractivity contribution in [2.45, 2.75) is 18.6 Å². The van der Waals surface area contributed by atoms with Gasteiger partial charge in [0.15, 0.2) is 16.6 Å². The zero-order chi connectivity index (χ0) is 25.0. The molecule has 0 fully saturated rings. The molecular weight excluding hydrogens is 477 g/mol. The maximum absolute atomic E-state index is 13.2. The lowest BCUT2D eigenvalue weighted by Crippen LogP contribution is -2.44. The Kier molecular flexibility index (Phi) is 7.35. The molecule has 3 aromatic rings. The highest BCUT2D eigenvalue weighted by Gasteiger charge is 2.33. The number of hydrogen-bond acceptors (Lipinski definition) is 4. The van der Waals surface area contributed by atoms with E-state index in [0.717, 1.165) is 28.9 Å². The number of hydrogen-bond donors (Lipinski definition) is 1. The van der Waals surface area contributed by atoms with Crippen molar-refractivity contribution in [1.82, 2.24) is 4.90 Å². The molecule has 0 aromatic heterocycles. The second-order valence-corrected chi connectivity index (χ2v) is 8.38. The fourth-order valence-electron chi connectivity index (χ4n) is 4.11. The summed E-state index contributed by atoms with van der Waals surface area (Å²) >= 11 is 5.73. The smallest absolute Gasteiger partial charge is 0.416 e. The van der Waals surface area contributed by atoms with Gasteiger partial charge in [0.2, 0.25) is 0 Å². The number of rotatable bonds is 6. The molecule has 1 aliphatic rings. The van der Waals surface area contributed by atoms with Crippen molar-refractivity contribution in [3.05, 3.63) is 83.4 Å². The van der Waals surface area contributed by atoms with Crippen LogP contribution >= 0.6 is 12.2 Å². The molecule has 1 heterocycles. The van der Waals surface area contributed by atoms with Crippen molar-refractivity contribution in [3.63, 3.8) is 0 Å². The number of benzene rings is 3. The molecule has 0 amide bonds. The molecule has 0 saturated carbocycles. The molecule has 1 unspecified atom stereocenters. The summed E-state index contributed by atoms with van der Waals surface area (Å²) in [5.41, 5.74) is 2.04. The van der Waals surface area contributed by atoms with E-state index < -0.39 is 11.7 Å². The molecule has 184 valence electrons. The number of alkyl halides is 3. The second-order valence-electron chi connectivity index (χ2n) is 8.00. The summed E-state index contributed by atoms with van der Waals surface area (Å²) < 4.78 is 56.4. The van der Waals surface area contributed by atoms with Gasteiger partial charge in [0.1, 0.15) is 12.4 Å². The SMILES string of the molecule is COc1cc2c(cc1OC)C(COc1cccc(C(F)(F)F)c1)N(C(=S)Nc1ccccc1)CC2. The van der Waals surface area contributed by atoms with Gasteiger partial charge in [0.25, 0.3) is 0 Å². The highest BCUT2D eigenvalue weighted by molar-refractivity contribution is 7.80. The maximum atomic E-state index is 13.2. The molecule has 9 heteroatoms. The molecule has 0 radical (unpaired) electrons. The van der Waals surface area contributed by atoms with Crippen LogP contribution in [0.15, 0.2) is 66.7 Å². The zero-order valence-corrected chi connectivity index (χ0v) is 20.1. The lowest BCUT2D eigenvalue weighted by Gasteiger charge is -2.39. The van der Waals surface area contributed by atoms with E-state index in [1.807, 2.05) is 47.4 Å². The molecule has 0 spiro atoms. The summed E-state index contributed by atoms with van der Waals surface area (Å²) in [5.74, 6) is 1.30. The largest absolute Gasteiger partial charge is 0.493 e. The van der Waals surface area contributed by atoms with E-state index in [0.29, 0.717) is 29.6 Å². The van der Waals surface area contributed by atoms with Crippen LogP contribution in [-0.4, -0.2) is 37.4 Å². The van der Waals surface area contributed by atoms with Gasteiger partial charge in [-0.2, -0.15) is 13.2 Å². The first-order valence-electron chi connectivity index (χ1n) is 11.0. The average Bonchev–Trinajstić information content (AvgIpc) is 2.86. The predicted octanol–water partition coefficient (Wildman–Crippen LogP) is 6.10. The van der Waals surface area contributed by atoms with Crippen LogP contribution in [0.3, 0.4) is 0 Å². The average molecular weight is 503 g/mol. The molecule has 5 nitrogen and oxygen atoms in total. The van der Waals surface area contributed by atoms with Crippen molar-refractivity contribution >= 4 is 23.0 Å². The van der Waals surface area contributed by atoms with E-state index >= 15 is 0 Å². The van der Waals surface area contributed by atoms with Gasteiger partial charge < -0.3 is 24.4 Å². The fourth-order valence-corrected chi connectivity index (χ4v) is 4.44. The highest BCUT2D eigenvalue weighted by Crippen LogP contribution is 2.39. The van der Waals surface area contributed by atoms with Gasteiger partial charge in [0.05, 0.1) is 25.8 Å². The van der Waals surface area contributed by atoms with Gasteiger partial charge in [-0.25, -0.2) is 0 Å².